The highest BCUT2D eigenvalue weighted by Gasteiger charge is 2.41. The van der Waals surface area contributed by atoms with E-state index in [0.29, 0.717) is 35.9 Å². The minimum absolute atomic E-state index is 0.0918. The number of carbonyl (C=O) groups is 1. The normalized spacial score (nSPS) is 21.1. The number of aryl methyl sites for hydroxylation is 2. The van der Waals surface area contributed by atoms with Crippen LogP contribution in [0.2, 0.25) is 0 Å². The van der Waals surface area contributed by atoms with E-state index < -0.39 is 16.1 Å². The summed E-state index contributed by atoms with van der Waals surface area (Å²) in [5, 5.41) is 3.66. The van der Waals surface area contributed by atoms with E-state index in [4.69, 9.17) is 15.3 Å². The Morgan fingerprint density at radius 2 is 1.68 bits per heavy atom. The number of methoxy groups -OCH3 is 1. The lowest BCUT2D eigenvalue weighted by molar-refractivity contribution is -0.127. The summed E-state index contributed by atoms with van der Waals surface area (Å²) < 4.78 is 40.3. The zero-order chi connectivity index (χ0) is 29.0. The van der Waals surface area contributed by atoms with Crippen LogP contribution in [0.4, 0.5) is 0 Å². The summed E-state index contributed by atoms with van der Waals surface area (Å²) >= 11 is 0. The molecular weight excluding hydrogens is 532 g/mol. The van der Waals surface area contributed by atoms with E-state index in [1.54, 1.807) is 44.9 Å². The van der Waals surface area contributed by atoms with Crippen molar-refractivity contribution < 1.29 is 22.7 Å². The van der Waals surface area contributed by atoms with E-state index in [-0.39, 0.29) is 29.3 Å². The van der Waals surface area contributed by atoms with Crippen molar-refractivity contribution in [3.8, 4) is 5.75 Å². The minimum atomic E-state index is -3.80. The van der Waals surface area contributed by atoms with Gasteiger partial charge in [-0.3, -0.25) is 9.69 Å². The molecule has 1 amide bonds. The molecule has 0 aromatic heterocycles. The number of piperidine rings is 1. The lowest BCUT2D eigenvalue weighted by atomic mass is 9.96. The van der Waals surface area contributed by atoms with Crippen LogP contribution in [0.1, 0.15) is 43.7 Å². The van der Waals surface area contributed by atoms with Gasteiger partial charge in [-0.2, -0.15) is 4.31 Å². The van der Waals surface area contributed by atoms with E-state index in [2.05, 4.69) is 21.9 Å². The maximum atomic E-state index is 13.8. The third-order valence-corrected chi connectivity index (χ3v) is 10.5. The standard InChI is InChI=1S/C28H46N6O5S/c1-20-16-25(38-5)17-21(2)26(20)40(36,37)34(24-6-7-24)18-22(3)39-27(30-29)28(35)33-14-12-32(13-15-33)19-23-8-10-31(4)11-9-23/h16-17,22-24H,6-15,18-19,29H2,1-5H3. The van der Waals surface area contributed by atoms with Gasteiger partial charge in [0, 0.05) is 38.8 Å². The number of ether oxygens (including phenoxy) is 2. The van der Waals surface area contributed by atoms with Gasteiger partial charge in [0.15, 0.2) is 0 Å². The molecule has 3 fully saturated rings. The van der Waals surface area contributed by atoms with Crippen molar-refractivity contribution >= 4 is 21.8 Å². The van der Waals surface area contributed by atoms with Crippen molar-refractivity contribution in [2.75, 3.05) is 66.5 Å². The molecule has 1 atom stereocenters. The Kier molecular flexibility index (Phi) is 9.97. The van der Waals surface area contributed by atoms with Crippen molar-refractivity contribution in [1.29, 1.82) is 0 Å². The number of hydrogen-bond donors (Lipinski definition) is 1. The molecular formula is C28H46N6O5S. The van der Waals surface area contributed by atoms with Crippen LogP contribution >= 0.6 is 0 Å². The van der Waals surface area contributed by atoms with Crippen LogP contribution < -0.4 is 10.6 Å². The van der Waals surface area contributed by atoms with E-state index in [9.17, 15) is 13.2 Å². The maximum Gasteiger partial charge on any atom is 0.310 e. The Bertz CT molecular complexity index is 1150. The molecule has 1 aromatic carbocycles. The molecule has 1 unspecified atom stereocenters. The van der Waals surface area contributed by atoms with Crippen molar-refractivity contribution in [2.24, 2.45) is 16.9 Å². The van der Waals surface area contributed by atoms with Crippen LogP contribution in [0.5, 0.6) is 5.75 Å². The molecule has 2 saturated heterocycles. The maximum absolute atomic E-state index is 13.8. The number of amides is 1. The first-order valence-electron chi connectivity index (χ1n) is 14.3. The fourth-order valence-electron chi connectivity index (χ4n) is 5.85. The molecule has 2 N–H and O–H groups in total. The number of benzene rings is 1. The van der Waals surface area contributed by atoms with Crippen LogP contribution in [-0.4, -0.2) is 118 Å². The van der Waals surface area contributed by atoms with Crippen LogP contribution in [0.3, 0.4) is 0 Å². The number of sulfonamides is 1. The summed E-state index contributed by atoms with van der Waals surface area (Å²) in [6.07, 6.45) is 3.40. The predicted octanol–water partition coefficient (Wildman–Crippen LogP) is 1.63. The summed E-state index contributed by atoms with van der Waals surface area (Å²) in [7, 11) is -0.0673. The fraction of sp³-hybridized carbons (Fsp3) is 0.714. The zero-order valence-corrected chi connectivity index (χ0v) is 25.5. The molecule has 1 aromatic rings. The molecule has 3 aliphatic rings. The Morgan fingerprint density at radius 3 is 2.20 bits per heavy atom. The van der Waals surface area contributed by atoms with Gasteiger partial charge in [-0.25, -0.2) is 8.42 Å². The summed E-state index contributed by atoms with van der Waals surface area (Å²) in [6, 6.07) is 3.37. The highest BCUT2D eigenvalue weighted by molar-refractivity contribution is 7.89. The van der Waals surface area contributed by atoms with Crippen LogP contribution in [0.15, 0.2) is 22.1 Å². The Labute approximate surface area is 239 Å². The number of nitrogens with zero attached hydrogens (tertiary/aromatic N) is 5. The van der Waals surface area contributed by atoms with E-state index in [1.807, 2.05) is 0 Å². The van der Waals surface area contributed by atoms with E-state index in [0.717, 1.165) is 45.6 Å². The Morgan fingerprint density at radius 1 is 1.07 bits per heavy atom. The SMILES string of the molecule is COc1cc(C)c(S(=O)(=O)N(CC(C)OC(=NN)C(=O)N2CCN(CC3CCN(C)CC3)CC2)C2CC2)c(C)c1. The lowest BCUT2D eigenvalue weighted by Crippen LogP contribution is -2.52. The number of rotatable bonds is 9. The lowest BCUT2D eigenvalue weighted by Gasteiger charge is -2.38. The zero-order valence-electron chi connectivity index (χ0n) is 24.6. The van der Waals surface area contributed by atoms with Crippen molar-refractivity contribution in [3.05, 3.63) is 23.3 Å². The third kappa shape index (κ3) is 7.26. The Balaban J connectivity index is 1.34. The number of hydrazone groups is 1. The van der Waals surface area contributed by atoms with Crippen LogP contribution in [0, 0.1) is 19.8 Å². The molecule has 12 heteroatoms. The summed E-state index contributed by atoms with van der Waals surface area (Å²) in [4.78, 5) is 20.0. The summed E-state index contributed by atoms with van der Waals surface area (Å²) in [5.41, 5.74) is 1.26. The Hall–Kier alpha value is -2.41. The fourth-order valence-corrected chi connectivity index (χ4v) is 8.03. The summed E-state index contributed by atoms with van der Waals surface area (Å²) in [6.45, 7) is 11.5. The van der Waals surface area contributed by atoms with Crippen molar-refractivity contribution in [2.45, 2.75) is 63.5 Å². The van der Waals surface area contributed by atoms with Gasteiger partial charge in [0.05, 0.1) is 18.6 Å². The van der Waals surface area contributed by atoms with Gasteiger partial charge in [-0.15, -0.1) is 5.10 Å². The topological polar surface area (TPSA) is 121 Å². The first-order chi connectivity index (χ1) is 19.0. The van der Waals surface area contributed by atoms with E-state index in [1.165, 1.54) is 17.1 Å². The molecule has 2 aliphatic heterocycles. The number of nitrogens with two attached hydrogens (primary N) is 1. The largest absolute Gasteiger partial charge is 0.497 e. The smallest absolute Gasteiger partial charge is 0.310 e. The second-order valence-electron chi connectivity index (χ2n) is 11.6. The molecule has 2 heterocycles. The second-order valence-corrected chi connectivity index (χ2v) is 13.4. The first-order valence-corrected chi connectivity index (χ1v) is 15.8. The van der Waals surface area contributed by atoms with Gasteiger partial charge in [-0.1, -0.05) is 0 Å². The summed E-state index contributed by atoms with van der Waals surface area (Å²) in [5.74, 6) is 6.39. The number of carbonyl (C=O) groups excluding carboxylic acids is 1. The monoisotopic (exact) mass is 578 g/mol. The number of likely N-dealkylation sites (tertiary alicyclic amines) is 1. The van der Waals surface area contributed by atoms with Crippen molar-refractivity contribution in [1.82, 2.24) is 19.0 Å². The van der Waals surface area contributed by atoms with Gasteiger partial charge in [0.25, 0.3) is 5.90 Å². The highest BCUT2D eigenvalue weighted by atomic mass is 32.2. The predicted molar refractivity (Wildman–Crippen MR) is 155 cm³/mol. The van der Waals surface area contributed by atoms with Crippen LogP contribution in [0.25, 0.3) is 0 Å². The molecule has 224 valence electrons. The molecule has 4 rings (SSSR count). The quantitative estimate of drug-likeness (QED) is 0.203. The van der Waals surface area contributed by atoms with Crippen molar-refractivity contribution in [3.63, 3.8) is 0 Å². The molecule has 1 saturated carbocycles. The molecule has 11 nitrogen and oxygen atoms in total. The third-order valence-electron chi connectivity index (χ3n) is 8.25. The second kappa shape index (κ2) is 13.1. The highest BCUT2D eigenvalue weighted by Crippen LogP contribution is 2.35. The average molecular weight is 579 g/mol. The number of hydrogen-bond acceptors (Lipinski definition) is 9. The van der Waals surface area contributed by atoms with Gasteiger partial charge in [0.1, 0.15) is 11.9 Å². The number of piperazine rings is 1. The first kappa shape index (κ1) is 30.5. The molecule has 0 bridgehead atoms. The van der Waals surface area contributed by atoms with Gasteiger partial charge < -0.3 is 25.1 Å². The molecule has 1 aliphatic carbocycles. The molecule has 0 radical (unpaired) electrons. The average Bonchev–Trinajstić information content (AvgIpc) is 3.76. The van der Waals surface area contributed by atoms with Crippen LogP contribution in [-0.2, 0) is 19.6 Å². The van der Waals surface area contributed by atoms with Gasteiger partial charge >= 0.3 is 5.91 Å². The molecule has 0 spiro atoms. The van der Waals surface area contributed by atoms with Gasteiger partial charge in [0.2, 0.25) is 10.0 Å². The minimum Gasteiger partial charge on any atom is -0.497 e. The molecule has 40 heavy (non-hydrogen) atoms. The van der Waals surface area contributed by atoms with Gasteiger partial charge in [-0.05, 0) is 95.8 Å². The van der Waals surface area contributed by atoms with E-state index >= 15 is 0 Å².